The molecule has 5 nitrogen and oxygen atoms in total. The minimum absolute atomic E-state index is 0.00931. The fourth-order valence-electron chi connectivity index (χ4n) is 3.22. The Balaban J connectivity index is 1.67. The van der Waals surface area contributed by atoms with Gasteiger partial charge in [-0.15, -0.1) is 0 Å². The summed E-state index contributed by atoms with van der Waals surface area (Å²) in [5.41, 5.74) is 3.37. The van der Waals surface area contributed by atoms with E-state index in [-0.39, 0.29) is 17.2 Å². The van der Waals surface area contributed by atoms with Crippen molar-refractivity contribution in [2.75, 3.05) is 12.8 Å². The average molecular weight is 436 g/mol. The zero-order chi connectivity index (χ0) is 21.1. The van der Waals surface area contributed by atoms with Gasteiger partial charge in [-0.3, -0.25) is 14.2 Å². The van der Waals surface area contributed by atoms with E-state index in [1.54, 1.807) is 33.9 Å². The van der Waals surface area contributed by atoms with Gasteiger partial charge in [0.2, 0.25) is 5.91 Å². The topological polar surface area (TPSA) is 55.2 Å². The molecule has 2 aromatic carbocycles. The van der Waals surface area contributed by atoms with E-state index in [0.29, 0.717) is 22.6 Å². The molecule has 0 radical (unpaired) electrons. The van der Waals surface area contributed by atoms with Crippen LogP contribution in [-0.2, 0) is 11.3 Å². The molecule has 0 aliphatic heterocycles. The molecule has 0 aliphatic carbocycles. The van der Waals surface area contributed by atoms with Gasteiger partial charge in [-0.25, -0.2) is 4.98 Å². The highest BCUT2D eigenvalue weighted by atomic mass is 32.2. The van der Waals surface area contributed by atoms with Crippen molar-refractivity contribution in [2.45, 2.75) is 18.6 Å². The quantitative estimate of drug-likeness (QED) is 0.330. The number of carbonyl (C=O) groups excluding carboxylic acids is 1. The van der Waals surface area contributed by atoms with Crippen molar-refractivity contribution in [2.24, 2.45) is 0 Å². The molecule has 7 heteroatoms. The molecule has 0 unspecified atom stereocenters. The van der Waals surface area contributed by atoms with Crippen LogP contribution in [0.1, 0.15) is 11.1 Å². The van der Waals surface area contributed by atoms with Gasteiger partial charge in [0, 0.05) is 13.6 Å². The van der Waals surface area contributed by atoms with Gasteiger partial charge < -0.3 is 4.90 Å². The van der Waals surface area contributed by atoms with Crippen LogP contribution in [0.25, 0.3) is 16.6 Å². The summed E-state index contributed by atoms with van der Waals surface area (Å²) < 4.78 is 1.62. The molecule has 0 atom stereocenters. The predicted molar refractivity (Wildman–Crippen MR) is 124 cm³/mol. The van der Waals surface area contributed by atoms with E-state index >= 15 is 0 Å². The fourth-order valence-corrected chi connectivity index (χ4v) is 4.82. The van der Waals surface area contributed by atoms with E-state index in [2.05, 4.69) is 0 Å². The molecule has 30 heavy (non-hydrogen) atoms. The highest BCUT2D eigenvalue weighted by Gasteiger charge is 2.17. The Morgan fingerprint density at radius 2 is 1.90 bits per heavy atom. The second-order valence-corrected chi connectivity index (χ2v) is 8.73. The van der Waals surface area contributed by atoms with Gasteiger partial charge in [-0.2, -0.15) is 11.3 Å². The molecule has 0 aliphatic rings. The summed E-state index contributed by atoms with van der Waals surface area (Å²) in [4.78, 5) is 32.4. The Morgan fingerprint density at radius 1 is 1.13 bits per heavy atom. The summed E-state index contributed by atoms with van der Waals surface area (Å²) in [5.74, 6) is 0.196. The first-order chi connectivity index (χ1) is 14.5. The lowest BCUT2D eigenvalue weighted by molar-refractivity contribution is -0.127. The highest BCUT2D eigenvalue weighted by molar-refractivity contribution is 7.99. The van der Waals surface area contributed by atoms with Crippen LogP contribution in [-0.4, -0.2) is 33.2 Å². The molecular weight excluding hydrogens is 414 g/mol. The van der Waals surface area contributed by atoms with E-state index < -0.39 is 0 Å². The minimum atomic E-state index is -0.128. The first kappa shape index (κ1) is 20.4. The normalized spacial score (nSPS) is 11.0. The number of thioether (sulfide) groups is 1. The first-order valence-corrected chi connectivity index (χ1v) is 11.4. The zero-order valence-electron chi connectivity index (χ0n) is 16.7. The highest BCUT2D eigenvalue weighted by Crippen LogP contribution is 2.23. The number of para-hydroxylation sites is 2. The van der Waals surface area contributed by atoms with Crippen LogP contribution >= 0.6 is 23.1 Å². The maximum absolute atomic E-state index is 13.3. The minimum Gasteiger partial charge on any atom is -0.341 e. The van der Waals surface area contributed by atoms with Crippen molar-refractivity contribution in [1.82, 2.24) is 14.5 Å². The van der Waals surface area contributed by atoms with Crippen LogP contribution in [0.2, 0.25) is 0 Å². The van der Waals surface area contributed by atoms with Crippen molar-refractivity contribution in [3.63, 3.8) is 0 Å². The first-order valence-electron chi connectivity index (χ1n) is 9.50. The number of fused-ring (bicyclic) bond motifs is 1. The molecule has 0 saturated heterocycles. The molecule has 0 spiro atoms. The van der Waals surface area contributed by atoms with E-state index in [1.807, 2.05) is 66.2 Å². The van der Waals surface area contributed by atoms with Gasteiger partial charge in [0.1, 0.15) is 0 Å². The molecule has 4 rings (SSSR count). The van der Waals surface area contributed by atoms with Gasteiger partial charge in [0.15, 0.2) is 5.16 Å². The summed E-state index contributed by atoms with van der Waals surface area (Å²) in [6, 6.07) is 17.0. The lowest BCUT2D eigenvalue weighted by Crippen LogP contribution is -2.28. The third kappa shape index (κ3) is 4.17. The van der Waals surface area contributed by atoms with Crippen molar-refractivity contribution in [3.05, 3.63) is 86.8 Å². The summed E-state index contributed by atoms with van der Waals surface area (Å²) in [6.07, 6.45) is 0. The Labute approximate surface area is 183 Å². The van der Waals surface area contributed by atoms with Crippen molar-refractivity contribution < 1.29 is 4.79 Å². The van der Waals surface area contributed by atoms with Gasteiger partial charge >= 0.3 is 0 Å². The molecule has 0 fully saturated rings. The molecule has 0 N–H and O–H groups in total. The standard InChI is InChI=1S/C23H21N3O2S2/c1-16-7-3-6-10-20(16)26-22(28)18-8-4-5-9-19(18)24-23(26)30-15-21(27)25(2)13-17-11-12-29-14-17/h3-12,14H,13,15H2,1-2H3. The van der Waals surface area contributed by atoms with Crippen LogP contribution < -0.4 is 5.56 Å². The Kier molecular flexibility index (Phi) is 6.01. The maximum Gasteiger partial charge on any atom is 0.266 e. The molecule has 0 bridgehead atoms. The number of rotatable bonds is 6. The van der Waals surface area contributed by atoms with E-state index in [4.69, 9.17) is 4.98 Å². The molecule has 2 aromatic heterocycles. The maximum atomic E-state index is 13.3. The van der Waals surface area contributed by atoms with E-state index in [9.17, 15) is 9.59 Å². The van der Waals surface area contributed by atoms with Crippen molar-refractivity contribution in [1.29, 1.82) is 0 Å². The van der Waals surface area contributed by atoms with Crippen LogP contribution in [0, 0.1) is 6.92 Å². The lowest BCUT2D eigenvalue weighted by atomic mass is 10.2. The summed E-state index contributed by atoms with van der Waals surface area (Å²) in [5, 5.41) is 5.12. The average Bonchev–Trinajstić information content (AvgIpc) is 3.26. The van der Waals surface area contributed by atoms with Crippen LogP contribution in [0.5, 0.6) is 0 Å². The van der Waals surface area contributed by atoms with Crippen molar-refractivity contribution in [3.8, 4) is 5.69 Å². The molecular formula is C23H21N3O2S2. The molecule has 0 saturated carbocycles. The number of amides is 1. The van der Waals surface area contributed by atoms with Gasteiger partial charge in [-0.05, 0) is 53.1 Å². The number of thiophene rings is 1. The number of benzene rings is 2. The largest absolute Gasteiger partial charge is 0.341 e. The number of nitrogens with zero attached hydrogens (tertiary/aromatic N) is 3. The predicted octanol–water partition coefficient (Wildman–Crippen LogP) is 4.51. The Morgan fingerprint density at radius 3 is 2.67 bits per heavy atom. The lowest BCUT2D eigenvalue weighted by Gasteiger charge is -2.18. The summed E-state index contributed by atoms with van der Waals surface area (Å²) in [7, 11) is 1.79. The molecule has 152 valence electrons. The van der Waals surface area contributed by atoms with E-state index in [0.717, 1.165) is 16.8 Å². The monoisotopic (exact) mass is 435 g/mol. The fraction of sp³-hybridized carbons (Fsp3) is 0.174. The summed E-state index contributed by atoms with van der Waals surface area (Å²) in [6.45, 7) is 2.53. The number of aryl methyl sites for hydroxylation is 1. The number of carbonyl (C=O) groups is 1. The zero-order valence-corrected chi connectivity index (χ0v) is 18.4. The smallest absolute Gasteiger partial charge is 0.266 e. The van der Waals surface area contributed by atoms with Crippen LogP contribution in [0.4, 0.5) is 0 Å². The van der Waals surface area contributed by atoms with Crippen molar-refractivity contribution >= 4 is 39.9 Å². The van der Waals surface area contributed by atoms with Crippen LogP contribution in [0.15, 0.2) is 75.3 Å². The Bertz CT molecular complexity index is 1250. The summed E-state index contributed by atoms with van der Waals surface area (Å²) >= 11 is 2.91. The van der Waals surface area contributed by atoms with Crippen LogP contribution in [0.3, 0.4) is 0 Å². The molecule has 2 heterocycles. The number of hydrogen-bond donors (Lipinski definition) is 0. The van der Waals surface area contributed by atoms with Gasteiger partial charge in [0.05, 0.1) is 22.3 Å². The molecule has 1 amide bonds. The SMILES string of the molecule is Cc1ccccc1-n1c(SCC(=O)N(C)Cc2ccsc2)nc2ccccc2c1=O. The molecule has 4 aromatic rings. The Hall–Kier alpha value is -2.90. The van der Waals surface area contributed by atoms with Gasteiger partial charge in [-0.1, -0.05) is 42.1 Å². The number of aromatic nitrogens is 2. The second-order valence-electron chi connectivity index (χ2n) is 7.01. The van der Waals surface area contributed by atoms with Gasteiger partial charge in [0.25, 0.3) is 5.56 Å². The van der Waals surface area contributed by atoms with E-state index in [1.165, 1.54) is 11.8 Å². The second kappa shape index (κ2) is 8.85. The third-order valence-corrected chi connectivity index (χ3v) is 6.51. The number of hydrogen-bond acceptors (Lipinski definition) is 5. The third-order valence-electron chi connectivity index (χ3n) is 4.85.